The molecule has 0 amide bonds. The predicted molar refractivity (Wildman–Crippen MR) is 48.8 cm³/mol. The monoisotopic (exact) mass is 156 g/mol. The molecule has 1 rings (SSSR count). The first-order valence-electron chi connectivity index (χ1n) is 4.70. The molecule has 1 unspecified atom stereocenters. The van der Waals surface area contributed by atoms with Gasteiger partial charge in [-0.2, -0.15) is 0 Å². The Morgan fingerprint density at radius 1 is 1.55 bits per heavy atom. The summed E-state index contributed by atoms with van der Waals surface area (Å²) < 4.78 is 0. The standard InChI is InChI=1S/C9H20N2/c1-9-4-7-11(8-9)6-3-5-10-2/h9-10H,3-8H2,1-2H3. The minimum absolute atomic E-state index is 0.935. The average molecular weight is 156 g/mol. The highest BCUT2D eigenvalue weighted by molar-refractivity contribution is 4.71. The minimum Gasteiger partial charge on any atom is -0.320 e. The number of nitrogens with zero attached hydrogens (tertiary/aromatic N) is 1. The SMILES string of the molecule is CNCCCN1CCC(C)C1. The largest absolute Gasteiger partial charge is 0.320 e. The predicted octanol–water partition coefficient (Wildman–Crippen LogP) is 0.938. The van der Waals surface area contributed by atoms with Crippen LogP contribution in [0.25, 0.3) is 0 Å². The van der Waals surface area contributed by atoms with Crippen LogP contribution in [-0.2, 0) is 0 Å². The molecule has 0 spiro atoms. The summed E-state index contributed by atoms with van der Waals surface area (Å²) in [5, 5.41) is 3.18. The Bertz CT molecular complexity index is 104. The number of hydrogen-bond acceptors (Lipinski definition) is 2. The Kier molecular flexibility index (Phi) is 3.87. The number of nitrogens with one attached hydrogen (secondary N) is 1. The van der Waals surface area contributed by atoms with Crippen molar-refractivity contribution in [3.63, 3.8) is 0 Å². The van der Waals surface area contributed by atoms with Crippen LogP contribution >= 0.6 is 0 Å². The highest BCUT2D eigenvalue weighted by Gasteiger charge is 2.17. The lowest BCUT2D eigenvalue weighted by Gasteiger charge is -2.14. The molecule has 11 heavy (non-hydrogen) atoms. The van der Waals surface area contributed by atoms with Gasteiger partial charge in [0.05, 0.1) is 0 Å². The van der Waals surface area contributed by atoms with Crippen LogP contribution < -0.4 is 5.32 Å². The van der Waals surface area contributed by atoms with Crippen molar-refractivity contribution < 1.29 is 0 Å². The number of hydrogen-bond donors (Lipinski definition) is 1. The first-order valence-corrected chi connectivity index (χ1v) is 4.70. The van der Waals surface area contributed by atoms with Crippen LogP contribution in [0, 0.1) is 5.92 Å². The summed E-state index contributed by atoms with van der Waals surface area (Å²) in [6.45, 7) is 7.43. The second-order valence-corrected chi connectivity index (χ2v) is 3.65. The van der Waals surface area contributed by atoms with Crippen molar-refractivity contribution >= 4 is 0 Å². The molecule has 0 saturated carbocycles. The molecular weight excluding hydrogens is 136 g/mol. The van der Waals surface area contributed by atoms with Crippen molar-refractivity contribution in [3.8, 4) is 0 Å². The van der Waals surface area contributed by atoms with Gasteiger partial charge in [-0.25, -0.2) is 0 Å². The molecule has 2 nitrogen and oxygen atoms in total. The molecule has 1 atom stereocenters. The van der Waals surface area contributed by atoms with Crippen molar-refractivity contribution in [2.45, 2.75) is 19.8 Å². The number of likely N-dealkylation sites (tertiary alicyclic amines) is 1. The van der Waals surface area contributed by atoms with Gasteiger partial charge in [-0.05, 0) is 45.4 Å². The maximum atomic E-state index is 3.18. The van der Waals surface area contributed by atoms with E-state index in [0.717, 1.165) is 12.5 Å². The zero-order valence-electron chi connectivity index (χ0n) is 7.77. The third-order valence-corrected chi connectivity index (χ3v) is 2.41. The molecule has 0 aromatic heterocycles. The fourth-order valence-corrected chi connectivity index (χ4v) is 1.71. The Hall–Kier alpha value is -0.0800. The van der Waals surface area contributed by atoms with Gasteiger partial charge < -0.3 is 10.2 Å². The molecule has 2 heteroatoms. The van der Waals surface area contributed by atoms with E-state index >= 15 is 0 Å². The van der Waals surface area contributed by atoms with Gasteiger partial charge >= 0.3 is 0 Å². The lowest BCUT2D eigenvalue weighted by Crippen LogP contribution is -2.24. The van der Waals surface area contributed by atoms with Crippen molar-refractivity contribution in [1.82, 2.24) is 10.2 Å². The van der Waals surface area contributed by atoms with Crippen LogP contribution in [-0.4, -0.2) is 38.1 Å². The van der Waals surface area contributed by atoms with Crippen molar-refractivity contribution in [2.75, 3.05) is 33.2 Å². The lowest BCUT2D eigenvalue weighted by molar-refractivity contribution is 0.322. The molecule has 66 valence electrons. The Morgan fingerprint density at radius 2 is 2.36 bits per heavy atom. The fourth-order valence-electron chi connectivity index (χ4n) is 1.71. The normalized spacial score (nSPS) is 26.2. The summed E-state index contributed by atoms with van der Waals surface area (Å²) in [6, 6.07) is 0. The van der Waals surface area contributed by atoms with E-state index in [2.05, 4.69) is 17.1 Å². The minimum atomic E-state index is 0.935. The molecule has 0 aromatic carbocycles. The fraction of sp³-hybridized carbons (Fsp3) is 1.00. The molecular formula is C9H20N2. The van der Waals surface area contributed by atoms with E-state index in [4.69, 9.17) is 0 Å². The van der Waals surface area contributed by atoms with E-state index in [1.807, 2.05) is 7.05 Å². The Balaban J connectivity index is 1.99. The van der Waals surface area contributed by atoms with Crippen molar-refractivity contribution in [1.29, 1.82) is 0 Å². The van der Waals surface area contributed by atoms with Crippen molar-refractivity contribution in [3.05, 3.63) is 0 Å². The average Bonchev–Trinajstić information content (AvgIpc) is 2.37. The second-order valence-electron chi connectivity index (χ2n) is 3.65. The van der Waals surface area contributed by atoms with Gasteiger partial charge in [-0.3, -0.25) is 0 Å². The summed E-state index contributed by atoms with van der Waals surface area (Å²) in [7, 11) is 2.02. The quantitative estimate of drug-likeness (QED) is 0.609. The molecule has 0 radical (unpaired) electrons. The Labute approximate surface area is 70.0 Å². The zero-order valence-corrected chi connectivity index (χ0v) is 7.77. The van der Waals surface area contributed by atoms with Crippen LogP contribution in [0.5, 0.6) is 0 Å². The third-order valence-electron chi connectivity index (χ3n) is 2.41. The number of rotatable bonds is 4. The topological polar surface area (TPSA) is 15.3 Å². The smallest absolute Gasteiger partial charge is 0.000750 e. The Morgan fingerprint density at radius 3 is 2.91 bits per heavy atom. The van der Waals surface area contributed by atoms with Gasteiger partial charge in [0.2, 0.25) is 0 Å². The van der Waals surface area contributed by atoms with E-state index < -0.39 is 0 Å². The molecule has 1 heterocycles. The molecule has 0 aromatic rings. The van der Waals surface area contributed by atoms with E-state index in [9.17, 15) is 0 Å². The maximum absolute atomic E-state index is 3.18. The van der Waals surface area contributed by atoms with Gasteiger partial charge in [0.15, 0.2) is 0 Å². The van der Waals surface area contributed by atoms with E-state index in [0.29, 0.717) is 0 Å². The van der Waals surface area contributed by atoms with Crippen LogP contribution in [0.3, 0.4) is 0 Å². The lowest BCUT2D eigenvalue weighted by atomic mass is 10.2. The van der Waals surface area contributed by atoms with E-state index in [1.165, 1.54) is 32.5 Å². The van der Waals surface area contributed by atoms with Crippen LogP contribution in [0.2, 0.25) is 0 Å². The van der Waals surface area contributed by atoms with Crippen LogP contribution in [0.1, 0.15) is 19.8 Å². The van der Waals surface area contributed by atoms with E-state index in [-0.39, 0.29) is 0 Å². The zero-order chi connectivity index (χ0) is 8.10. The third kappa shape index (κ3) is 3.21. The molecule has 1 aliphatic rings. The summed E-state index contributed by atoms with van der Waals surface area (Å²) in [6.07, 6.45) is 2.70. The summed E-state index contributed by atoms with van der Waals surface area (Å²) >= 11 is 0. The molecule has 1 fully saturated rings. The maximum Gasteiger partial charge on any atom is 0.000750 e. The van der Waals surface area contributed by atoms with Crippen LogP contribution in [0.15, 0.2) is 0 Å². The first kappa shape index (κ1) is 9.01. The molecule has 1 N–H and O–H groups in total. The van der Waals surface area contributed by atoms with E-state index in [1.54, 1.807) is 0 Å². The molecule has 1 saturated heterocycles. The highest BCUT2D eigenvalue weighted by atomic mass is 15.1. The molecule has 0 aliphatic carbocycles. The highest BCUT2D eigenvalue weighted by Crippen LogP contribution is 2.14. The van der Waals surface area contributed by atoms with Crippen LogP contribution in [0.4, 0.5) is 0 Å². The molecule has 0 bridgehead atoms. The van der Waals surface area contributed by atoms with Crippen molar-refractivity contribution in [2.24, 2.45) is 5.92 Å². The first-order chi connectivity index (χ1) is 5.33. The summed E-state index contributed by atoms with van der Waals surface area (Å²) in [4.78, 5) is 2.57. The van der Waals surface area contributed by atoms with Gasteiger partial charge in [0.1, 0.15) is 0 Å². The molecule has 1 aliphatic heterocycles. The summed E-state index contributed by atoms with van der Waals surface area (Å²) in [5.41, 5.74) is 0. The van der Waals surface area contributed by atoms with Gasteiger partial charge in [0.25, 0.3) is 0 Å². The van der Waals surface area contributed by atoms with Gasteiger partial charge in [-0.1, -0.05) is 6.92 Å². The summed E-state index contributed by atoms with van der Waals surface area (Å²) in [5.74, 6) is 0.935. The van der Waals surface area contributed by atoms with Gasteiger partial charge in [-0.15, -0.1) is 0 Å². The van der Waals surface area contributed by atoms with Gasteiger partial charge in [0, 0.05) is 6.54 Å². The second kappa shape index (κ2) is 4.73.